The van der Waals surface area contributed by atoms with Gasteiger partial charge in [0.15, 0.2) is 0 Å². The van der Waals surface area contributed by atoms with Gasteiger partial charge in [-0.15, -0.1) is 0 Å². The molecule has 1 amide bonds. The van der Waals surface area contributed by atoms with Crippen molar-refractivity contribution in [3.63, 3.8) is 0 Å². The van der Waals surface area contributed by atoms with Crippen LogP contribution in [-0.2, 0) is 0 Å². The van der Waals surface area contributed by atoms with Crippen molar-refractivity contribution in [3.05, 3.63) is 48.0 Å². The van der Waals surface area contributed by atoms with Crippen molar-refractivity contribution in [2.75, 3.05) is 31.9 Å². The highest BCUT2D eigenvalue weighted by molar-refractivity contribution is 5.95. The number of amides is 1. The number of anilines is 1. The quantitative estimate of drug-likeness (QED) is 0.906. The van der Waals surface area contributed by atoms with E-state index in [0.29, 0.717) is 5.82 Å². The smallest absolute Gasteiger partial charge is 0.253 e. The molecule has 2 N–H and O–H groups in total. The zero-order valence-corrected chi connectivity index (χ0v) is 15.8. The van der Waals surface area contributed by atoms with E-state index < -0.39 is 0 Å². The Morgan fingerprint density at radius 3 is 2.59 bits per heavy atom. The number of hydrogen-bond donors (Lipinski definition) is 1. The van der Waals surface area contributed by atoms with Crippen molar-refractivity contribution in [1.82, 2.24) is 14.8 Å². The molecule has 4 rings (SSSR count). The van der Waals surface area contributed by atoms with Crippen molar-refractivity contribution in [1.29, 1.82) is 0 Å². The van der Waals surface area contributed by atoms with Crippen molar-refractivity contribution < 1.29 is 4.79 Å². The number of nitrogen functional groups attached to an aromatic ring is 1. The van der Waals surface area contributed by atoms with Gasteiger partial charge < -0.3 is 10.6 Å². The van der Waals surface area contributed by atoms with Gasteiger partial charge in [0.1, 0.15) is 5.82 Å². The third kappa shape index (κ3) is 4.14. The van der Waals surface area contributed by atoms with E-state index in [1.165, 1.54) is 25.7 Å². The molecule has 0 unspecified atom stereocenters. The second kappa shape index (κ2) is 8.09. The highest BCUT2D eigenvalue weighted by Crippen LogP contribution is 2.25. The number of pyridine rings is 1. The highest BCUT2D eigenvalue weighted by Gasteiger charge is 2.26. The summed E-state index contributed by atoms with van der Waals surface area (Å²) in [5.74, 6) is 0.609. The lowest BCUT2D eigenvalue weighted by Gasteiger charge is -2.27. The number of nitrogens with two attached hydrogens (primary N) is 1. The molecular weight excluding hydrogens is 336 g/mol. The maximum atomic E-state index is 13.1. The van der Waals surface area contributed by atoms with Crippen LogP contribution in [-0.4, -0.2) is 52.9 Å². The Balaban J connectivity index is 1.47. The fraction of sp³-hybridized carbons (Fsp3) is 0.455. The fourth-order valence-corrected chi connectivity index (χ4v) is 4.38. The molecule has 142 valence electrons. The summed E-state index contributed by atoms with van der Waals surface area (Å²) in [7, 11) is 0. The maximum absolute atomic E-state index is 13.1. The monoisotopic (exact) mass is 364 g/mol. The first kappa shape index (κ1) is 18.0. The van der Waals surface area contributed by atoms with Crippen LogP contribution in [0.25, 0.3) is 11.3 Å². The lowest BCUT2D eigenvalue weighted by atomic mass is 10.1. The minimum absolute atomic E-state index is 0.119. The Morgan fingerprint density at radius 2 is 1.78 bits per heavy atom. The molecule has 0 radical (unpaired) electrons. The molecule has 5 nitrogen and oxygen atoms in total. The first-order chi connectivity index (χ1) is 13.2. The minimum Gasteiger partial charge on any atom is -0.384 e. The van der Waals surface area contributed by atoms with Crippen LogP contribution in [0, 0.1) is 0 Å². The zero-order valence-electron chi connectivity index (χ0n) is 15.8. The molecule has 0 bridgehead atoms. The number of rotatable bonds is 3. The molecule has 1 aliphatic heterocycles. The van der Waals surface area contributed by atoms with Gasteiger partial charge in [0.2, 0.25) is 0 Å². The topological polar surface area (TPSA) is 62.5 Å². The van der Waals surface area contributed by atoms with E-state index in [4.69, 9.17) is 5.73 Å². The second-order valence-corrected chi connectivity index (χ2v) is 7.65. The van der Waals surface area contributed by atoms with Crippen LogP contribution in [0.4, 0.5) is 5.82 Å². The molecule has 0 atom stereocenters. The SMILES string of the molecule is Nc1cccc(-c2cccc(C(=O)N3CCCN(C4CCCC4)CC3)c2)n1. The van der Waals surface area contributed by atoms with Crippen molar-refractivity contribution >= 4 is 11.7 Å². The van der Waals surface area contributed by atoms with Gasteiger partial charge in [-0.05, 0) is 43.5 Å². The summed E-state index contributed by atoms with van der Waals surface area (Å²) in [6.45, 7) is 3.76. The Hall–Kier alpha value is -2.40. The van der Waals surface area contributed by atoms with Gasteiger partial charge in [0.05, 0.1) is 5.69 Å². The summed E-state index contributed by atoms with van der Waals surface area (Å²) < 4.78 is 0. The molecule has 1 saturated carbocycles. The molecule has 0 spiro atoms. The van der Waals surface area contributed by atoms with Crippen LogP contribution >= 0.6 is 0 Å². The van der Waals surface area contributed by atoms with E-state index in [-0.39, 0.29) is 5.91 Å². The Bertz CT molecular complexity index is 800. The van der Waals surface area contributed by atoms with Crippen LogP contribution < -0.4 is 5.73 Å². The lowest BCUT2D eigenvalue weighted by molar-refractivity contribution is 0.0758. The summed E-state index contributed by atoms with van der Waals surface area (Å²) in [6.07, 6.45) is 6.41. The molecule has 5 heteroatoms. The Kier molecular flexibility index (Phi) is 5.39. The molecule has 1 saturated heterocycles. The third-order valence-corrected chi connectivity index (χ3v) is 5.83. The Labute approximate surface area is 161 Å². The number of aromatic nitrogens is 1. The molecule has 1 aromatic heterocycles. The van der Waals surface area contributed by atoms with Crippen LogP contribution in [0.15, 0.2) is 42.5 Å². The summed E-state index contributed by atoms with van der Waals surface area (Å²) in [4.78, 5) is 22.1. The van der Waals surface area contributed by atoms with E-state index in [1.807, 2.05) is 41.3 Å². The van der Waals surface area contributed by atoms with Gasteiger partial charge in [-0.25, -0.2) is 4.98 Å². The molecule has 2 fully saturated rings. The first-order valence-corrected chi connectivity index (χ1v) is 10.1. The van der Waals surface area contributed by atoms with E-state index in [0.717, 1.165) is 55.5 Å². The average molecular weight is 364 g/mol. The number of nitrogens with zero attached hydrogens (tertiary/aromatic N) is 3. The molecule has 2 aliphatic rings. The molecule has 1 aromatic carbocycles. The van der Waals surface area contributed by atoms with Crippen LogP contribution in [0.1, 0.15) is 42.5 Å². The van der Waals surface area contributed by atoms with Gasteiger partial charge in [-0.1, -0.05) is 31.0 Å². The van der Waals surface area contributed by atoms with Gasteiger partial charge in [-0.3, -0.25) is 9.69 Å². The first-order valence-electron chi connectivity index (χ1n) is 10.1. The van der Waals surface area contributed by atoms with Gasteiger partial charge in [0.25, 0.3) is 5.91 Å². The van der Waals surface area contributed by atoms with Crippen molar-refractivity contribution in [2.24, 2.45) is 0 Å². The molecular formula is C22H28N4O. The molecule has 1 aliphatic carbocycles. The number of carbonyl (C=O) groups is 1. The van der Waals surface area contributed by atoms with Gasteiger partial charge >= 0.3 is 0 Å². The van der Waals surface area contributed by atoms with E-state index in [2.05, 4.69) is 9.88 Å². The van der Waals surface area contributed by atoms with E-state index in [9.17, 15) is 4.79 Å². The summed E-state index contributed by atoms with van der Waals surface area (Å²) >= 11 is 0. The fourth-order valence-electron chi connectivity index (χ4n) is 4.38. The Morgan fingerprint density at radius 1 is 0.963 bits per heavy atom. The summed E-state index contributed by atoms with van der Waals surface area (Å²) in [5, 5.41) is 0. The number of hydrogen-bond acceptors (Lipinski definition) is 4. The predicted molar refractivity (Wildman–Crippen MR) is 108 cm³/mol. The van der Waals surface area contributed by atoms with Crippen molar-refractivity contribution in [2.45, 2.75) is 38.1 Å². The van der Waals surface area contributed by atoms with E-state index in [1.54, 1.807) is 6.07 Å². The minimum atomic E-state index is 0.119. The molecule has 27 heavy (non-hydrogen) atoms. The normalized spacial score (nSPS) is 19.2. The standard InChI is InChI=1S/C22H28N4O/c23-21-11-4-10-20(24-21)17-6-3-7-18(16-17)22(27)26-13-5-12-25(14-15-26)19-8-1-2-9-19/h3-4,6-7,10-11,16,19H,1-2,5,8-9,12-15H2,(H2,23,24). The average Bonchev–Trinajstić information content (AvgIpc) is 3.12. The maximum Gasteiger partial charge on any atom is 0.253 e. The summed E-state index contributed by atoms with van der Waals surface area (Å²) in [5.41, 5.74) is 8.26. The number of carbonyl (C=O) groups excluding carboxylic acids is 1. The van der Waals surface area contributed by atoms with Crippen LogP contribution in [0.5, 0.6) is 0 Å². The largest absolute Gasteiger partial charge is 0.384 e. The van der Waals surface area contributed by atoms with E-state index >= 15 is 0 Å². The van der Waals surface area contributed by atoms with Gasteiger partial charge in [-0.2, -0.15) is 0 Å². The highest BCUT2D eigenvalue weighted by atomic mass is 16.2. The van der Waals surface area contributed by atoms with Crippen LogP contribution in [0.3, 0.4) is 0 Å². The van der Waals surface area contributed by atoms with Crippen LogP contribution in [0.2, 0.25) is 0 Å². The summed E-state index contributed by atoms with van der Waals surface area (Å²) in [6, 6.07) is 14.0. The molecule has 2 aromatic rings. The predicted octanol–water partition coefficient (Wildman–Crippen LogP) is 3.42. The molecule has 2 heterocycles. The lowest BCUT2D eigenvalue weighted by Crippen LogP contribution is -2.38. The van der Waals surface area contributed by atoms with Crippen molar-refractivity contribution in [3.8, 4) is 11.3 Å². The zero-order chi connectivity index (χ0) is 18.6. The third-order valence-electron chi connectivity index (χ3n) is 5.83. The second-order valence-electron chi connectivity index (χ2n) is 7.65. The number of benzene rings is 1. The van der Waals surface area contributed by atoms with Gasteiger partial charge in [0, 0.05) is 43.3 Å².